The zero-order valence-corrected chi connectivity index (χ0v) is 69.7. The minimum absolute atomic E-state index is 0.0892. The Bertz CT molecular complexity index is 5840. The molecule has 5 saturated carbocycles. The fourth-order valence-electron chi connectivity index (χ4n) is 15.1. The van der Waals surface area contributed by atoms with Crippen LogP contribution in [0, 0.1) is 0 Å². The van der Waals surface area contributed by atoms with Crippen molar-refractivity contribution < 1.29 is 48.0 Å². The van der Waals surface area contributed by atoms with Gasteiger partial charge in [-0.15, -0.1) is 0 Å². The zero-order valence-electron chi connectivity index (χ0n) is 69.7. The smallest absolute Gasteiger partial charge is 0.352 e. The highest BCUT2D eigenvalue weighted by Crippen LogP contribution is 2.34. The van der Waals surface area contributed by atoms with Crippen LogP contribution in [0.25, 0.3) is 65.7 Å². The number of anilines is 1. The van der Waals surface area contributed by atoms with Gasteiger partial charge in [0.2, 0.25) is 0 Å². The Labute approximate surface area is 711 Å². The molecule has 7 aromatic heterocycles. The summed E-state index contributed by atoms with van der Waals surface area (Å²) < 4.78 is 23.5. The van der Waals surface area contributed by atoms with Gasteiger partial charge in [-0.3, -0.25) is 28.8 Å². The van der Waals surface area contributed by atoms with Crippen molar-refractivity contribution in [3.8, 4) is 17.2 Å². The number of fused-ring (bicyclic) bond motifs is 6. The van der Waals surface area contributed by atoms with Gasteiger partial charge in [-0.05, 0) is 210 Å². The molecule has 4 atom stereocenters. The number of carboxylic acids is 1. The molecule has 11 N–H and O–H groups in total. The Morgan fingerprint density at radius 2 is 0.878 bits per heavy atom. The van der Waals surface area contributed by atoms with Gasteiger partial charge in [0.05, 0.1) is 35.5 Å². The number of amides is 4. The number of aromatic nitrogens is 9. The first-order valence-corrected chi connectivity index (χ1v) is 43.0. The summed E-state index contributed by atoms with van der Waals surface area (Å²) in [6.45, 7) is 6.97. The van der Waals surface area contributed by atoms with E-state index in [4.69, 9.17) is 29.8 Å². The second-order valence-electron chi connectivity index (χ2n) is 32.9. The second-order valence-corrected chi connectivity index (χ2v) is 32.9. The molecule has 123 heavy (non-hydrogen) atoms. The van der Waals surface area contributed by atoms with Gasteiger partial charge in [0.15, 0.2) is 22.3 Å². The third-order valence-electron chi connectivity index (χ3n) is 23.0. The number of carbonyl (C=O) groups excluding carboxylic acids is 4. The van der Waals surface area contributed by atoms with Gasteiger partial charge >= 0.3 is 5.97 Å². The lowest BCUT2D eigenvalue weighted by molar-refractivity contribution is 0.0689. The van der Waals surface area contributed by atoms with Gasteiger partial charge < -0.3 is 86.0 Å². The van der Waals surface area contributed by atoms with Gasteiger partial charge in [0.1, 0.15) is 77.4 Å². The van der Waals surface area contributed by atoms with E-state index in [2.05, 4.69) is 100 Å². The van der Waals surface area contributed by atoms with Crippen molar-refractivity contribution >= 4 is 101 Å². The van der Waals surface area contributed by atoms with Crippen molar-refractivity contribution in [2.24, 2.45) is 5.73 Å². The number of pyridine rings is 5. The second kappa shape index (κ2) is 40.6. The topological polar surface area (TPSA) is 397 Å². The van der Waals surface area contributed by atoms with Crippen molar-refractivity contribution in [1.82, 2.24) is 81.2 Å². The van der Waals surface area contributed by atoms with Crippen LogP contribution >= 0.6 is 0 Å². The van der Waals surface area contributed by atoms with Crippen LogP contribution in [-0.4, -0.2) is 218 Å². The highest BCUT2D eigenvalue weighted by atomic mass is 16.5. The number of hydrogen-bond acceptors (Lipinski definition) is 22. The lowest BCUT2D eigenvalue weighted by Crippen LogP contribution is -2.35. The number of nitrogens with one attached hydrogen (secondary N) is 8. The Morgan fingerprint density at radius 1 is 0.463 bits per heavy atom. The molecule has 4 amide bonds. The van der Waals surface area contributed by atoms with E-state index >= 15 is 0 Å². The van der Waals surface area contributed by atoms with Crippen LogP contribution in [0.3, 0.4) is 0 Å². The summed E-state index contributed by atoms with van der Waals surface area (Å²) >= 11 is 0. The van der Waals surface area contributed by atoms with Crippen molar-refractivity contribution in [3.05, 3.63) is 213 Å². The predicted octanol–water partition coefficient (Wildman–Crippen LogP) is 11.2. The molecular weight excluding hydrogens is 1560 g/mol. The molecule has 0 radical (unpaired) electrons. The number of hydrogen-bond donors (Lipinski definition) is 10. The van der Waals surface area contributed by atoms with Crippen LogP contribution in [0.1, 0.15) is 168 Å². The summed E-state index contributed by atoms with van der Waals surface area (Å²) in [4.78, 5) is 125. The molecular formula is C93H108N18O12. The van der Waals surface area contributed by atoms with E-state index in [1.807, 2.05) is 84.9 Å². The monoisotopic (exact) mass is 1670 g/mol. The Hall–Kier alpha value is -12.4. The summed E-state index contributed by atoms with van der Waals surface area (Å²) in [6.07, 6.45) is 23.5. The van der Waals surface area contributed by atoms with E-state index in [0.717, 1.165) is 165 Å². The molecule has 30 heteroatoms. The Morgan fingerprint density at radius 3 is 1.32 bits per heavy atom. The number of likely N-dealkylation sites (tertiary alicyclic amines) is 2. The summed E-state index contributed by atoms with van der Waals surface area (Å²) in [7, 11) is 6.07. The quantitative estimate of drug-likeness (QED) is 0.0319. The van der Waals surface area contributed by atoms with Gasteiger partial charge in [-0.1, -0.05) is 60.7 Å². The fourth-order valence-corrected chi connectivity index (χ4v) is 15.1. The maximum Gasteiger partial charge on any atom is 0.352 e. The molecule has 4 saturated heterocycles. The lowest BCUT2D eigenvalue weighted by atomic mass is 10.1. The molecule has 642 valence electrons. The van der Waals surface area contributed by atoms with Gasteiger partial charge in [0, 0.05) is 130 Å². The Balaban J connectivity index is 0.000000117. The van der Waals surface area contributed by atoms with Crippen LogP contribution in [0.15, 0.2) is 174 Å². The maximum atomic E-state index is 12.6. The van der Waals surface area contributed by atoms with Crippen molar-refractivity contribution in [2.75, 3.05) is 78.7 Å². The molecule has 0 unspecified atom stereocenters. The molecule has 21 rings (SSSR count). The number of rotatable bonds is 21. The molecule has 5 aliphatic carbocycles. The first-order valence-electron chi connectivity index (χ1n) is 43.0. The van der Waals surface area contributed by atoms with Crippen LogP contribution in [0.5, 0.6) is 17.2 Å². The number of ether oxygens (including phenoxy) is 4. The number of imidazole rings is 1. The number of nitrogens with two attached hydrogens (primary N) is 1. The van der Waals surface area contributed by atoms with Crippen LogP contribution in [0.4, 0.5) is 5.82 Å². The number of methoxy groups -OCH3 is 1. The number of aromatic amines is 3. The first kappa shape index (κ1) is 85.6. The average molecular weight is 1670 g/mol. The van der Waals surface area contributed by atoms with Gasteiger partial charge in [-0.25, -0.2) is 34.7 Å². The molecule has 12 aromatic rings. The van der Waals surface area contributed by atoms with E-state index in [1.165, 1.54) is 51.1 Å². The number of benzene rings is 5. The molecule has 9 fully saturated rings. The number of nitrogens with zero attached hydrogens (tertiary/aromatic N) is 9. The summed E-state index contributed by atoms with van der Waals surface area (Å²) in [5, 5.41) is 27.9. The number of carboxylic acid groups (broad SMARTS) is 1. The van der Waals surface area contributed by atoms with Crippen molar-refractivity contribution in [2.45, 2.75) is 170 Å². The van der Waals surface area contributed by atoms with E-state index in [9.17, 15) is 33.6 Å². The van der Waals surface area contributed by atoms with Gasteiger partial charge in [-0.2, -0.15) is 0 Å². The first-order chi connectivity index (χ1) is 59.9. The number of aromatic carboxylic acids is 1. The van der Waals surface area contributed by atoms with E-state index in [0.29, 0.717) is 112 Å². The molecule has 9 aliphatic rings. The van der Waals surface area contributed by atoms with Gasteiger partial charge in [0.25, 0.3) is 23.6 Å². The normalized spacial score (nSPS) is 19.0. The largest absolute Gasteiger partial charge is 0.491 e. The average Bonchev–Trinajstić information content (AvgIpc) is 1.13. The summed E-state index contributed by atoms with van der Waals surface area (Å²) in [5.41, 5.74) is 11.4. The van der Waals surface area contributed by atoms with Crippen molar-refractivity contribution in [3.63, 3.8) is 0 Å². The van der Waals surface area contributed by atoms with E-state index in [1.54, 1.807) is 74.4 Å². The number of likely N-dealkylation sites (N-methyl/N-ethyl adjacent to an activating group) is 2. The maximum absolute atomic E-state index is 12.6. The summed E-state index contributed by atoms with van der Waals surface area (Å²) in [5.74, 6) is 1.33. The standard InChI is InChI=1S/C23H23N7O2.C19H23N3O2.C18H21N3O2.C13H12N2O2.C10H7NO3.C7H15NO.C3H7N/c31-23(28-14-7-8-14)18-10-19(16-5-1-2-6-17(16)29-18)32-11-15-4-3-9-30(15)22-20-21(25-12-24-20)26-13-27-22;1-22-10-4-5-14(22)12-24-18-11-17(19(23)20-13-8-9-13)21-16-7-3-2-6-15(16)18;22-18(20-12-7-8-12)16-10-17(23-11-13-4-3-9-19-13)14-5-1-2-6-15(14)21-16;16-12-7-11(13(17)14-8-5-6-8)15-10-4-2-1-3-9(10)12;12-9-5-8(10(13)14)11-7-4-2-1-3-6(7)9;1-8-5-3-4-7(8)6-9-2;4-3-1-2-3/h1-2,5-6,10,12-15H,3-4,7-9,11H2,(H,28,31)(H,24,25,26,27);2-3,6-7,11,13-14H,4-5,8-10,12H2,1H3,(H,20,23);1-2,5-6,10,12-13,19H,3-4,7-9,11H2,(H,20,22);1-4,7-8H,5-6H2,(H,14,17)(H,15,16);1-5H,(H,11,12)(H,13,14);7H,3-6H2,1-2H3;3H,1-2,4H2/t15-;14-;13-;;;7-;/m111..1./s1. The highest BCUT2D eigenvalue weighted by molar-refractivity contribution is 6.00. The van der Waals surface area contributed by atoms with E-state index in [-0.39, 0.29) is 58.3 Å². The minimum Gasteiger partial charge on any atom is -0.491 e. The molecule has 11 heterocycles. The SMILES string of the molecule is CN1CCC[C@@H]1COc1cc(C(=O)NC2CC2)nc2ccccc12.COC[C@H]1CCCN1C.NC1CC1.O=C(NC1CC1)c1cc(=O)c2ccccc2[nH]1.O=C(NC1CC1)c1cc(OC[C@H]2CCCN2)c2ccccc2n1.O=C(NC1CC1)c1cc(OC[C@H]2CCCN2c2ncnc3nc[nH]c23)c2ccccc2n1.O=C(O)c1cc(=O)c2ccccc2[nH]1. The number of H-pyrrole nitrogens is 3. The lowest BCUT2D eigenvalue weighted by Gasteiger charge is -2.26. The van der Waals surface area contributed by atoms with Crippen LogP contribution in [-0.2, 0) is 4.74 Å². The molecule has 0 bridgehead atoms. The number of para-hydroxylation sites is 5. The number of carbonyl (C=O) groups is 5. The molecule has 5 aromatic carbocycles. The predicted molar refractivity (Wildman–Crippen MR) is 473 cm³/mol. The molecule has 30 nitrogen and oxygen atoms in total. The third kappa shape index (κ3) is 23.5. The highest BCUT2D eigenvalue weighted by Gasteiger charge is 2.33. The minimum atomic E-state index is -1.13. The fraction of sp³-hybridized carbons (Fsp3) is 0.409. The third-order valence-corrected chi connectivity index (χ3v) is 23.0. The van der Waals surface area contributed by atoms with Crippen molar-refractivity contribution in [1.29, 1.82) is 0 Å². The Kier molecular flexibility index (Phi) is 28.2. The molecule has 0 spiro atoms. The zero-order chi connectivity index (χ0) is 85.3. The van der Waals surface area contributed by atoms with Crippen LogP contribution in [0.2, 0.25) is 0 Å². The molecule has 4 aliphatic heterocycles. The van der Waals surface area contributed by atoms with Crippen LogP contribution < -0.4 is 62.3 Å². The van der Waals surface area contributed by atoms with E-state index < -0.39 is 5.97 Å². The summed E-state index contributed by atoms with van der Waals surface area (Å²) in [6, 6.07) is 48.6.